The van der Waals surface area contributed by atoms with Crippen molar-refractivity contribution in [3.8, 4) is 17.6 Å². The van der Waals surface area contributed by atoms with Crippen molar-refractivity contribution in [1.82, 2.24) is 9.55 Å². The summed E-state index contributed by atoms with van der Waals surface area (Å²) in [6.45, 7) is 0.825. The molecule has 0 radical (unpaired) electrons. The van der Waals surface area contributed by atoms with Crippen molar-refractivity contribution in [1.29, 1.82) is 5.26 Å². The molecule has 5 heteroatoms. The molecule has 2 aromatic rings. The number of hydrogen-bond acceptors (Lipinski definition) is 4. The second-order valence-electron chi connectivity index (χ2n) is 5.35. The second-order valence-corrected chi connectivity index (χ2v) is 5.35. The van der Waals surface area contributed by atoms with Crippen LogP contribution in [-0.2, 0) is 6.54 Å². The lowest BCUT2D eigenvalue weighted by atomic mass is 10.2. The van der Waals surface area contributed by atoms with Crippen LogP contribution in [0.1, 0.15) is 37.4 Å². The molecule has 1 aromatic carbocycles. The van der Waals surface area contributed by atoms with Gasteiger partial charge in [-0.25, -0.2) is 4.98 Å². The smallest absolute Gasteiger partial charge is 0.163 e. The Morgan fingerprint density at radius 1 is 1.29 bits per heavy atom. The third-order valence-electron chi connectivity index (χ3n) is 3.90. The van der Waals surface area contributed by atoms with E-state index in [0.717, 1.165) is 29.8 Å². The molecule has 0 saturated heterocycles. The molecule has 0 amide bonds. The fourth-order valence-electron chi connectivity index (χ4n) is 2.67. The zero-order valence-electron chi connectivity index (χ0n) is 12.4. The van der Waals surface area contributed by atoms with Crippen molar-refractivity contribution in [3.05, 3.63) is 18.0 Å². The first-order valence-electron chi connectivity index (χ1n) is 7.27. The Hall–Kier alpha value is -2.22. The van der Waals surface area contributed by atoms with Crippen LogP contribution in [-0.4, -0.2) is 23.8 Å². The number of rotatable bonds is 6. The summed E-state index contributed by atoms with van der Waals surface area (Å²) in [4.78, 5) is 4.78. The van der Waals surface area contributed by atoms with E-state index in [-0.39, 0.29) is 0 Å². The molecule has 1 heterocycles. The van der Waals surface area contributed by atoms with Gasteiger partial charge in [0.15, 0.2) is 11.5 Å². The van der Waals surface area contributed by atoms with E-state index in [0.29, 0.717) is 23.8 Å². The van der Waals surface area contributed by atoms with E-state index in [1.807, 2.05) is 12.1 Å². The summed E-state index contributed by atoms with van der Waals surface area (Å²) in [5.74, 6) is 3.12. The summed E-state index contributed by atoms with van der Waals surface area (Å²) < 4.78 is 13.0. The van der Waals surface area contributed by atoms with Crippen molar-refractivity contribution in [2.45, 2.75) is 38.1 Å². The summed E-state index contributed by atoms with van der Waals surface area (Å²) in [5, 5.41) is 8.74. The molecule has 1 aliphatic rings. The number of aromatic nitrogens is 2. The van der Waals surface area contributed by atoms with E-state index in [2.05, 4.69) is 10.6 Å². The highest BCUT2D eigenvalue weighted by molar-refractivity contribution is 5.81. The molecule has 1 fully saturated rings. The summed E-state index contributed by atoms with van der Waals surface area (Å²) in [7, 11) is 3.28. The predicted molar refractivity (Wildman–Crippen MR) is 79.7 cm³/mol. The van der Waals surface area contributed by atoms with E-state index >= 15 is 0 Å². The molecule has 5 nitrogen and oxygen atoms in total. The topological polar surface area (TPSA) is 60.1 Å². The van der Waals surface area contributed by atoms with Gasteiger partial charge in [-0.05, 0) is 19.3 Å². The fourth-order valence-corrected chi connectivity index (χ4v) is 2.67. The molecule has 3 rings (SSSR count). The van der Waals surface area contributed by atoms with Gasteiger partial charge in [0, 0.05) is 31.0 Å². The molecular formula is C16H19N3O2. The molecule has 110 valence electrons. The molecule has 0 unspecified atom stereocenters. The zero-order valence-corrected chi connectivity index (χ0v) is 12.4. The minimum absolute atomic E-state index is 0.566. The quantitative estimate of drug-likeness (QED) is 0.764. The Labute approximate surface area is 124 Å². The highest BCUT2D eigenvalue weighted by atomic mass is 16.5. The van der Waals surface area contributed by atoms with Crippen LogP contribution < -0.4 is 9.47 Å². The Kier molecular flexibility index (Phi) is 3.70. The average Bonchev–Trinajstić information content (AvgIpc) is 3.29. The van der Waals surface area contributed by atoms with Crippen LogP contribution in [0.5, 0.6) is 11.5 Å². The van der Waals surface area contributed by atoms with Crippen molar-refractivity contribution < 1.29 is 9.47 Å². The zero-order chi connectivity index (χ0) is 14.8. The number of ether oxygens (including phenoxy) is 2. The van der Waals surface area contributed by atoms with Gasteiger partial charge in [-0.3, -0.25) is 0 Å². The van der Waals surface area contributed by atoms with Gasteiger partial charge in [-0.2, -0.15) is 5.26 Å². The van der Waals surface area contributed by atoms with Crippen LogP contribution in [0.3, 0.4) is 0 Å². The number of hydrogen-bond donors (Lipinski definition) is 0. The molecule has 0 N–H and O–H groups in total. The number of fused-ring (bicyclic) bond motifs is 1. The first kappa shape index (κ1) is 13.7. The van der Waals surface area contributed by atoms with Gasteiger partial charge in [0.05, 0.1) is 31.3 Å². The van der Waals surface area contributed by atoms with Crippen LogP contribution in [0.15, 0.2) is 12.1 Å². The molecule has 1 aliphatic carbocycles. The van der Waals surface area contributed by atoms with Gasteiger partial charge in [0.1, 0.15) is 5.82 Å². The maximum atomic E-state index is 8.74. The van der Waals surface area contributed by atoms with Gasteiger partial charge >= 0.3 is 0 Å². The maximum Gasteiger partial charge on any atom is 0.163 e. The monoisotopic (exact) mass is 285 g/mol. The van der Waals surface area contributed by atoms with E-state index < -0.39 is 0 Å². The summed E-state index contributed by atoms with van der Waals surface area (Å²) in [5.41, 5.74) is 2.00. The van der Waals surface area contributed by atoms with Gasteiger partial charge in [0.25, 0.3) is 0 Å². The number of unbranched alkanes of at least 4 members (excludes halogenated alkanes) is 1. The van der Waals surface area contributed by atoms with E-state index in [4.69, 9.17) is 19.7 Å². The van der Waals surface area contributed by atoms with Gasteiger partial charge in [-0.1, -0.05) is 0 Å². The van der Waals surface area contributed by atoms with Gasteiger partial charge in [0.2, 0.25) is 0 Å². The summed E-state index contributed by atoms with van der Waals surface area (Å²) in [6.07, 6.45) is 3.82. The second kappa shape index (κ2) is 5.65. The lowest BCUT2D eigenvalue weighted by molar-refractivity contribution is 0.355. The largest absolute Gasteiger partial charge is 0.493 e. The Morgan fingerprint density at radius 3 is 2.62 bits per heavy atom. The molecule has 1 aromatic heterocycles. The SMILES string of the molecule is COc1cc2nc(C3CC3)n(CCCC#N)c2cc1OC. The molecule has 0 aliphatic heterocycles. The van der Waals surface area contributed by atoms with E-state index in [1.54, 1.807) is 14.2 Å². The van der Waals surface area contributed by atoms with Crippen LogP contribution in [0.25, 0.3) is 11.0 Å². The van der Waals surface area contributed by atoms with Crippen LogP contribution in [0.4, 0.5) is 0 Å². The van der Waals surface area contributed by atoms with Gasteiger partial charge < -0.3 is 14.0 Å². The molecular weight excluding hydrogens is 266 g/mol. The summed E-state index contributed by atoms with van der Waals surface area (Å²) >= 11 is 0. The third kappa shape index (κ3) is 2.54. The average molecular weight is 285 g/mol. The number of imidazole rings is 1. The molecule has 0 bridgehead atoms. The number of nitrogens with zero attached hydrogens (tertiary/aromatic N) is 3. The standard InChI is InChI=1S/C16H19N3O2/c1-20-14-9-12-13(10-15(14)21-2)19(8-4-3-7-17)16(18-12)11-5-6-11/h9-11H,3-6,8H2,1-2H3. The predicted octanol–water partition coefficient (Wildman–Crippen LogP) is 3.23. The van der Waals surface area contributed by atoms with Crippen LogP contribution >= 0.6 is 0 Å². The van der Waals surface area contributed by atoms with Crippen LogP contribution in [0, 0.1) is 11.3 Å². The van der Waals surface area contributed by atoms with Crippen molar-refractivity contribution in [2.24, 2.45) is 0 Å². The van der Waals surface area contributed by atoms with Gasteiger partial charge in [-0.15, -0.1) is 0 Å². The van der Waals surface area contributed by atoms with E-state index in [1.165, 1.54) is 12.8 Å². The van der Waals surface area contributed by atoms with Crippen LogP contribution in [0.2, 0.25) is 0 Å². The fraction of sp³-hybridized carbons (Fsp3) is 0.500. The molecule has 0 spiro atoms. The van der Waals surface area contributed by atoms with E-state index in [9.17, 15) is 0 Å². The Bertz CT molecular complexity index is 696. The highest BCUT2D eigenvalue weighted by Gasteiger charge is 2.29. The maximum absolute atomic E-state index is 8.74. The van der Waals surface area contributed by atoms with Crippen molar-refractivity contribution >= 4 is 11.0 Å². The van der Waals surface area contributed by atoms with Crippen molar-refractivity contribution in [2.75, 3.05) is 14.2 Å². The Morgan fingerprint density at radius 2 is 2.00 bits per heavy atom. The normalized spacial score (nSPS) is 14.1. The van der Waals surface area contributed by atoms with Crippen molar-refractivity contribution in [3.63, 3.8) is 0 Å². The first-order chi connectivity index (χ1) is 10.3. The number of aryl methyl sites for hydroxylation is 1. The molecule has 21 heavy (non-hydrogen) atoms. The molecule has 0 atom stereocenters. The highest BCUT2D eigenvalue weighted by Crippen LogP contribution is 2.42. The minimum atomic E-state index is 0.566. The lowest BCUT2D eigenvalue weighted by Crippen LogP contribution is -2.03. The third-order valence-corrected chi connectivity index (χ3v) is 3.90. The number of nitriles is 1. The number of methoxy groups -OCH3 is 2. The molecule has 1 saturated carbocycles. The first-order valence-corrected chi connectivity index (χ1v) is 7.27. The number of benzene rings is 1. The Balaban J connectivity index is 2.07. The lowest BCUT2D eigenvalue weighted by Gasteiger charge is -2.10. The minimum Gasteiger partial charge on any atom is -0.493 e. The summed E-state index contributed by atoms with van der Waals surface area (Å²) in [6, 6.07) is 6.12.